The zero-order valence-corrected chi connectivity index (χ0v) is 17.4. The molecule has 0 unspecified atom stereocenters. The molecule has 1 aliphatic carbocycles. The number of rotatable bonds is 5. The molecule has 0 bridgehead atoms. The molecule has 0 spiro atoms. The van der Waals surface area contributed by atoms with Gasteiger partial charge in [0.15, 0.2) is 5.75 Å². The summed E-state index contributed by atoms with van der Waals surface area (Å²) in [5, 5.41) is 0. The third-order valence-electron chi connectivity index (χ3n) is 5.00. The Bertz CT molecular complexity index is 1190. The van der Waals surface area contributed by atoms with Crippen LogP contribution in [0.15, 0.2) is 78.9 Å². The smallest absolute Gasteiger partial charge is 0.353 e. The van der Waals surface area contributed by atoms with Gasteiger partial charge in [-0.15, -0.1) is 8.42 Å². The van der Waals surface area contributed by atoms with E-state index < -0.39 is 10.4 Å². The number of allylic oxidation sites excluding steroid dienone is 1. The van der Waals surface area contributed by atoms with Gasteiger partial charge in [0.25, 0.3) is 0 Å². The Morgan fingerprint density at radius 1 is 0.759 bits per heavy atom. The molecule has 3 aromatic carbocycles. The van der Waals surface area contributed by atoms with Crippen molar-refractivity contribution < 1.29 is 16.8 Å². The van der Waals surface area contributed by atoms with E-state index in [0.29, 0.717) is 5.56 Å². The zero-order valence-electron chi connectivity index (χ0n) is 16.5. The summed E-state index contributed by atoms with van der Waals surface area (Å²) < 4.78 is 35.6. The first-order valence-corrected chi connectivity index (χ1v) is 10.7. The summed E-state index contributed by atoms with van der Waals surface area (Å²) in [7, 11) is -4.29. The number of hydrogen-bond donors (Lipinski definition) is 0. The fourth-order valence-corrected chi connectivity index (χ4v) is 4.37. The summed E-state index contributed by atoms with van der Waals surface area (Å²) in [5.41, 5.74) is 4.79. The highest BCUT2D eigenvalue weighted by Crippen LogP contribution is 2.45. The average Bonchev–Trinajstić information content (AvgIpc) is 2.95. The average molecular weight is 407 g/mol. The van der Waals surface area contributed by atoms with E-state index in [4.69, 9.17) is 8.37 Å². The molecule has 0 amide bonds. The Balaban J connectivity index is 1.69. The van der Waals surface area contributed by atoms with Crippen LogP contribution in [0.4, 0.5) is 0 Å². The highest BCUT2D eigenvalue weighted by atomic mass is 32.3. The number of aryl methyl sites for hydroxylation is 1. The van der Waals surface area contributed by atoms with Crippen molar-refractivity contribution in [3.05, 3.63) is 101 Å². The van der Waals surface area contributed by atoms with E-state index in [0.717, 1.165) is 16.7 Å². The molecular weight excluding hydrogens is 384 g/mol. The first kappa shape index (κ1) is 19.3. The standard InChI is InChI=1S/C24H22O4S/c1-17-12-14-18(15-13-17)27-29(25,26)28-23-11-7-5-9-20(23)21-16-24(2,3)22-10-6-4-8-19(21)22/h4-16H,1-3H3. The van der Waals surface area contributed by atoms with Gasteiger partial charge in [0.2, 0.25) is 0 Å². The van der Waals surface area contributed by atoms with Crippen LogP contribution in [0.3, 0.4) is 0 Å². The Hall–Kier alpha value is -3.05. The summed E-state index contributed by atoms with van der Waals surface area (Å²) in [4.78, 5) is 0. The van der Waals surface area contributed by atoms with E-state index in [1.165, 1.54) is 5.56 Å². The molecule has 4 nitrogen and oxygen atoms in total. The minimum atomic E-state index is -4.29. The van der Waals surface area contributed by atoms with E-state index in [1.807, 2.05) is 37.3 Å². The maximum Gasteiger partial charge on any atom is 0.501 e. The van der Waals surface area contributed by atoms with Gasteiger partial charge < -0.3 is 8.37 Å². The highest BCUT2D eigenvalue weighted by Gasteiger charge is 2.31. The minimum absolute atomic E-state index is 0.156. The van der Waals surface area contributed by atoms with Crippen LogP contribution in [-0.2, 0) is 15.8 Å². The Morgan fingerprint density at radius 3 is 2.10 bits per heavy atom. The molecule has 1 aliphatic rings. The maximum absolute atomic E-state index is 12.5. The van der Waals surface area contributed by atoms with Gasteiger partial charge in [-0.2, -0.15) is 0 Å². The number of hydrogen-bond acceptors (Lipinski definition) is 4. The Labute approximate surface area is 171 Å². The second-order valence-corrected chi connectivity index (χ2v) is 8.86. The van der Waals surface area contributed by atoms with Gasteiger partial charge in [-0.1, -0.05) is 80.1 Å². The second-order valence-electron chi connectivity index (χ2n) is 7.71. The van der Waals surface area contributed by atoms with Crippen molar-refractivity contribution in [1.82, 2.24) is 0 Å². The van der Waals surface area contributed by atoms with Crippen molar-refractivity contribution in [2.24, 2.45) is 0 Å². The van der Waals surface area contributed by atoms with Gasteiger partial charge in [0.05, 0.1) is 0 Å². The van der Waals surface area contributed by atoms with E-state index in [1.54, 1.807) is 36.4 Å². The first-order valence-electron chi connectivity index (χ1n) is 9.38. The normalized spacial score (nSPS) is 14.8. The molecule has 5 heteroatoms. The van der Waals surface area contributed by atoms with Gasteiger partial charge in [0, 0.05) is 11.0 Å². The first-order chi connectivity index (χ1) is 13.8. The molecular formula is C24H22O4S. The van der Waals surface area contributed by atoms with Crippen LogP contribution >= 0.6 is 0 Å². The molecule has 0 fully saturated rings. The van der Waals surface area contributed by atoms with Crippen molar-refractivity contribution in [3.63, 3.8) is 0 Å². The molecule has 148 valence electrons. The number of benzene rings is 3. The predicted octanol–water partition coefficient (Wildman–Crippen LogP) is 5.42. The maximum atomic E-state index is 12.5. The van der Waals surface area contributed by atoms with Crippen molar-refractivity contribution in [1.29, 1.82) is 0 Å². The molecule has 0 saturated heterocycles. The molecule has 0 aliphatic heterocycles. The third-order valence-corrected chi connectivity index (χ3v) is 5.79. The summed E-state index contributed by atoms with van der Waals surface area (Å²) >= 11 is 0. The van der Waals surface area contributed by atoms with E-state index in [-0.39, 0.29) is 16.9 Å². The van der Waals surface area contributed by atoms with Crippen LogP contribution in [0, 0.1) is 6.92 Å². The van der Waals surface area contributed by atoms with Crippen LogP contribution in [0.1, 0.15) is 36.1 Å². The lowest BCUT2D eigenvalue weighted by molar-refractivity contribution is 0.392. The highest BCUT2D eigenvalue weighted by molar-refractivity contribution is 7.82. The SMILES string of the molecule is Cc1ccc(OS(=O)(=O)Oc2ccccc2C2=CC(C)(C)c3ccccc32)cc1. The molecule has 0 saturated carbocycles. The topological polar surface area (TPSA) is 52.6 Å². The largest absolute Gasteiger partial charge is 0.501 e. The molecule has 29 heavy (non-hydrogen) atoms. The van der Waals surface area contributed by atoms with Crippen LogP contribution in [0.2, 0.25) is 0 Å². The van der Waals surface area contributed by atoms with Crippen molar-refractivity contribution in [2.75, 3.05) is 0 Å². The van der Waals surface area contributed by atoms with E-state index >= 15 is 0 Å². The quantitative estimate of drug-likeness (QED) is 0.568. The molecule has 0 atom stereocenters. The lowest BCUT2D eigenvalue weighted by Gasteiger charge is -2.16. The number of para-hydroxylation sites is 1. The summed E-state index contributed by atoms with van der Waals surface area (Å²) in [6, 6.07) is 22.0. The van der Waals surface area contributed by atoms with Crippen molar-refractivity contribution >= 4 is 16.0 Å². The fraction of sp³-hybridized carbons (Fsp3) is 0.167. The molecule has 0 N–H and O–H groups in total. The second kappa shape index (κ2) is 7.08. The van der Waals surface area contributed by atoms with Crippen LogP contribution in [0.25, 0.3) is 5.57 Å². The number of fused-ring (bicyclic) bond motifs is 1. The lowest BCUT2D eigenvalue weighted by Crippen LogP contribution is -2.17. The van der Waals surface area contributed by atoms with Crippen molar-refractivity contribution in [2.45, 2.75) is 26.2 Å². The monoisotopic (exact) mass is 406 g/mol. The van der Waals surface area contributed by atoms with E-state index in [2.05, 4.69) is 26.0 Å². The third kappa shape index (κ3) is 3.91. The van der Waals surface area contributed by atoms with Crippen LogP contribution in [-0.4, -0.2) is 8.42 Å². The predicted molar refractivity (Wildman–Crippen MR) is 114 cm³/mol. The fourth-order valence-electron chi connectivity index (χ4n) is 3.62. The molecule has 0 radical (unpaired) electrons. The Morgan fingerprint density at radius 2 is 1.38 bits per heavy atom. The molecule has 0 aromatic heterocycles. The van der Waals surface area contributed by atoms with Crippen LogP contribution in [0.5, 0.6) is 11.5 Å². The van der Waals surface area contributed by atoms with Crippen molar-refractivity contribution in [3.8, 4) is 11.5 Å². The van der Waals surface area contributed by atoms with Gasteiger partial charge in [0.1, 0.15) is 5.75 Å². The van der Waals surface area contributed by atoms with Gasteiger partial charge in [-0.3, -0.25) is 0 Å². The summed E-state index contributed by atoms with van der Waals surface area (Å²) in [5.74, 6) is 0.443. The summed E-state index contributed by atoms with van der Waals surface area (Å²) in [6.45, 7) is 6.19. The zero-order chi connectivity index (χ0) is 20.6. The Kier molecular flexibility index (Phi) is 4.71. The molecule has 3 aromatic rings. The van der Waals surface area contributed by atoms with Gasteiger partial charge in [-0.25, -0.2) is 0 Å². The lowest BCUT2D eigenvalue weighted by atomic mass is 9.87. The summed E-state index contributed by atoms with van der Waals surface area (Å²) in [6.07, 6.45) is 2.15. The molecule has 4 rings (SSSR count). The van der Waals surface area contributed by atoms with Gasteiger partial charge >= 0.3 is 10.4 Å². The van der Waals surface area contributed by atoms with Gasteiger partial charge in [-0.05, 0) is 41.8 Å². The van der Waals surface area contributed by atoms with Crippen LogP contribution < -0.4 is 8.37 Å². The van der Waals surface area contributed by atoms with E-state index in [9.17, 15) is 8.42 Å². The molecule has 0 heterocycles. The minimum Gasteiger partial charge on any atom is -0.353 e.